The van der Waals surface area contributed by atoms with Crippen LogP contribution in [0.2, 0.25) is 0 Å². The van der Waals surface area contributed by atoms with E-state index in [2.05, 4.69) is 35.9 Å². The van der Waals surface area contributed by atoms with E-state index in [1.54, 1.807) is 0 Å². The van der Waals surface area contributed by atoms with Crippen molar-refractivity contribution in [2.75, 3.05) is 13.1 Å². The first kappa shape index (κ1) is 13.5. The molecule has 2 rings (SSSR count). The van der Waals surface area contributed by atoms with Crippen molar-refractivity contribution in [1.29, 1.82) is 0 Å². The minimum atomic E-state index is 0.206. The van der Waals surface area contributed by atoms with Gasteiger partial charge in [-0.1, -0.05) is 20.3 Å². The van der Waals surface area contributed by atoms with Crippen LogP contribution in [0.25, 0.3) is 0 Å². The van der Waals surface area contributed by atoms with E-state index in [0.717, 1.165) is 19.6 Å². The highest BCUT2D eigenvalue weighted by molar-refractivity contribution is 5.11. The molecule has 18 heavy (non-hydrogen) atoms. The van der Waals surface area contributed by atoms with Gasteiger partial charge in [0.2, 0.25) is 0 Å². The Labute approximate surface area is 110 Å². The number of nitrogens with zero attached hydrogens (tertiary/aromatic N) is 2. The quantitative estimate of drug-likeness (QED) is 0.869. The van der Waals surface area contributed by atoms with Crippen LogP contribution in [0.3, 0.4) is 0 Å². The van der Waals surface area contributed by atoms with Crippen molar-refractivity contribution < 1.29 is 0 Å². The molecule has 0 amide bonds. The molecule has 1 aliphatic rings. The Morgan fingerprint density at radius 2 is 2.17 bits per heavy atom. The predicted octanol–water partition coefficient (Wildman–Crippen LogP) is 2.42. The standard InChI is InChI=1S/C15H25N3/c1-3-18(11-14-6-9-17-10-7-14)15(12-16)8-4-5-13(15)2/h6-7,9-10,13H,3-5,8,11-12,16H2,1-2H3. The minimum absolute atomic E-state index is 0.206. The number of hydrogen-bond acceptors (Lipinski definition) is 3. The summed E-state index contributed by atoms with van der Waals surface area (Å²) in [6.45, 7) is 7.41. The summed E-state index contributed by atoms with van der Waals surface area (Å²) in [5.41, 5.74) is 7.67. The van der Waals surface area contributed by atoms with Gasteiger partial charge < -0.3 is 5.73 Å². The first-order valence-electron chi connectivity index (χ1n) is 7.07. The van der Waals surface area contributed by atoms with Gasteiger partial charge in [-0.15, -0.1) is 0 Å². The molecule has 2 N–H and O–H groups in total. The fourth-order valence-electron chi connectivity index (χ4n) is 3.42. The van der Waals surface area contributed by atoms with Crippen LogP contribution in [0.15, 0.2) is 24.5 Å². The Morgan fingerprint density at radius 1 is 1.44 bits per heavy atom. The van der Waals surface area contributed by atoms with Crippen LogP contribution in [0.5, 0.6) is 0 Å². The number of likely N-dealkylation sites (N-methyl/N-ethyl adjacent to an activating group) is 1. The van der Waals surface area contributed by atoms with Gasteiger partial charge in [-0.05, 0) is 43.0 Å². The smallest absolute Gasteiger partial charge is 0.0360 e. The van der Waals surface area contributed by atoms with E-state index in [-0.39, 0.29) is 5.54 Å². The zero-order valence-electron chi connectivity index (χ0n) is 11.6. The number of pyridine rings is 1. The van der Waals surface area contributed by atoms with Crippen LogP contribution in [0.4, 0.5) is 0 Å². The number of hydrogen-bond donors (Lipinski definition) is 1. The van der Waals surface area contributed by atoms with Crippen LogP contribution in [0.1, 0.15) is 38.7 Å². The molecular weight excluding hydrogens is 222 g/mol. The molecule has 0 aromatic carbocycles. The summed E-state index contributed by atoms with van der Waals surface area (Å²) in [5, 5.41) is 0. The lowest BCUT2D eigenvalue weighted by Gasteiger charge is -2.43. The lowest BCUT2D eigenvalue weighted by molar-refractivity contribution is 0.0613. The second kappa shape index (κ2) is 5.81. The highest BCUT2D eigenvalue weighted by atomic mass is 15.2. The van der Waals surface area contributed by atoms with Gasteiger partial charge in [-0.2, -0.15) is 0 Å². The first-order valence-corrected chi connectivity index (χ1v) is 7.07. The van der Waals surface area contributed by atoms with Crippen molar-refractivity contribution >= 4 is 0 Å². The summed E-state index contributed by atoms with van der Waals surface area (Å²) in [6.07, 6.45) is 7.60. The van der Waals surface area contributed by atoms with E-state index in [1.165, 1.54) is 24.8 Å². The molecule has 100 valence electrons. The number of aromatic nitrogens is 1. The average molecular weight is 247 g/mol. The molecule has 0 spiro atoms. The zero-order chi connectivity index (χ0) is 13.0. The average Bonchev–Trinajstić information content (AvgIpc) is 2.79. The molecule has 1 aromatic heterocycles. The zero-order valence-corrected chi connectivity index (χ0v) is 11.6. The van der Waals surface area contributed by atoms with Gasteiger partial charge in [0.05, 0.1) is 0 Å². The topological polar surface area (TPSA) is 42.2 Å². The normalized spacial score (nSPS) is 27.9. The summed E-state index contributed by atoms with van der Waals surface area (Å²) in [4.78, 5) is 6.65. The third kappa shape index (κ3) is 2.43. The molecule has 1 heterocycles. The monoisotopic (exact) mass is 247 g/mol. The van der Waals surface area contributed by atoms with Crippen molar-refractivity contribution in [2.45, 2.75) is 45.2 Å². The SMILES string of the molecule is CCN(Cc1ccncc1)C1(CN)CCCC1C. The van der Waals surface area contributed by atoms with Crippen LogP contribution in [0, 0.1) is 5.92 Å². The Kier molecular flexibility index (Phi) is 4.36. The van der Waals surface area contributed by atoms with Gasteiger partial charge >= 0.3 is 0 Å². The third-order valence-electron chi connectivity index (χ3n) is 4.65. The molecule has 3 heteroatoms. The summed E-state index contributed by atoms with van der Waals surface area (Å²) >= 11 is 0. The third-order valence-corrected chi connectivity index (χ3v) is 4.65. The lowest BCUT2D eigenvalue weighted by atomic mass is 9.86. The van der Waals surface area contributed by atoms with Crippen LogP contribution < -0.4 is 5.73 Å². The van der Waals surface area contributed by atoms with Crippen LogP contribution >= 0.6 is 0 Å². The number of nitrogens with two attached hydrogens (primary N) is 1. The van der Waals surface area contributed by atoms with Gasteiger partial charge in [-0.25, -0.2) is 0 Å². The Balaban J connectivity index is 2.17. The van der Waals surface area contributed by atoms with Crippen molar-refractivity contribution in [3.8, 4) is 0 Å². The second-order valence-corrected chi connectivity index (χ2v) is 5.47. The van der Waals surface area contributed by atoms with E-state index in [1.807, 2.05) is 12.4 Å². The van der Waals surface area contributed by atoms with Gasteiger partial charge in [0.15, 0.2) is 0 Å². The Bertz CT molecular complexity index is 365. The molecular formula is C15H25N3. The Hall–Kier alpha value is -0.930. The van der Waals surface area contributed by atoms with Gasteiger partial charge in [0.1, 0.15) is 0 Å². The Morgan fingerprint density at radius 3 is 2.67 bits per heavy atom. The molecule has 1 fully saturated rings. The lowest BCUT2D eigenvalue weighted by Crippen LogP contribution is -2.55. The number of rotatable bonds is 5. The minimum Gasteiger partial charge on any atom is -0.329 e. The molecule has 2 atom stereocenters. The maximum Gasteiger partial charge on any atom is 0.0360 e. The van der Waals surface area contributed by atoms with E-state index in [0.29, 0.717) is 5.92 Å². The summed E-state index contributed by atoms with van der Waals surface area (Å²) < 4.78 is 0. The molecule has 0 aliphatic heterocycles. The van der Waals surface area contributed by atoms with Gasteiger partial charge in [0.25, 0.3) is 0 Å². The molecule has 0 saturated heterocycles. The molecule has 0 radical (unpaired) electrons. The predicted molar refractivity (Wildman–Crippen MR) is 75.1 cm³/mol. The maximum absolute atomic E-state index is 6.14. The van der Waals surface area contributed by atoms with E-state index in [4.69, 9.17) is 5.73 Å². The largest absolute Gasteiger partial charge is 0.329 e. The van der Waals surface area contributed by atoms with Crippen molar-refractivity contribution in [3.63, 3.8) is 0 Å². The molecule has 1 saturated carbocycles. The van der Waals surface area contributed by atoms with Crippen LogP contribution in [-0.4, -0.2) is 28.5 Å². The molecule has 2 unspecified atom stereocenters. The molecule has 0 bridgehead atoms. The molecule has 3 nitrogen and oxygen atoms in total. The van der Waals surface area contributed by atoms with Crippen molar-refractivity contribution in [2.24, 2.45) is 11.7 Å². The highest BCUT2D eigenvalue weighted by Gasteiger charge is 2.43. The first-order chi connectivity index (χ1) is 8.73. The van der Waals surface area contributed by atoms with Crippen molar-refractivity contribution in [1.82, 2.24) is 9.88 Å². The van der Waals surface area contributed by atoms with E-state index < -0.39 is 0 Å². The van der Waals surface area contributed by atoms with Gasteiger partial charge in [0, 0.05) is 31.0 Å². The fraction of sp³-hybridized carbons (Fsp3) is 0.667. The summed E-state index contributed by atoms with van der Waals surface area (Å²) in [5.74, 6) is 0.698. The van der Waals surface area contributed by atoms with E-state index in [9.17, 15) is 0 Å². The van der Waals surface area contributed by atoms with E-state index >= 15 is 0 Å². The van der Waals surface area contributed by atoms with Crippen molar-refractivity contribution in [3.05, 3.63) is 30.1 Å². The molecule has 1 aliphatic carbocycles. The van der Waals surface area contributed by atoms with Gasteiger partial charge in [-0.3, -0.25) is 9.88 Å². The summed E-state index contributed by atoms with van der Waals surface area (Å²) in [7, 11) is 0. The summed E-state index contributed by atoms with van der Waals surface area (Å²) in [6, 6.07) is 4.21. The van der Waals surface area contributed by atoms with Crippen LogP contribution in [-0.2, 0) is 6.54 Å². The maximum atomic E-state index is 6.14. The highest BCUT2D eigenvalue weighted by Crippen LogP contribution is 2.40. The second-order valence-electron chi connectivity index (χ2n) is 5.47. The molecule has 1 aromatic rings. The fourth-order valence-corrected chi connectivity index (χ4v) is 3.42.